The quantitative estimate of drug-likeness (QED) is 0.663. The number of ether oxygens (including phenoxy) is 1. The van der Waals surface area contributed by atoms with Crippen molar-refractivity contribution in [3.8, 4) is 5.75 Å². The molecule has 1 heterocycles. The molecular formula is C20H27N3O6. The summed E-state index contributed by atoms with van der Waals surface area (Å²) < 4.78 is 5.68. The number of nitrogens with one attached hydrogen (secondary N) is 2. The fraction of sp³-hybridized carbons (Fsp3) is 0.500. The zero-order valence-electron chi connectivity index (χ0n) is 16.8. The number of rotatable bonds is 2. The number of likely N-dealkylation sites (N-methyl/N-ethyl adjacent to an activating group) is 1. The first kappa shape index (κ1) is 22.2. The Labute approximate surface area is 169 Å². The van der Waals surface area contributed by atoms with E-state index in [1.807, 2.05) is 13.8 Å². The normalized spacial score (nSPS) is 21.9. The molecule has 0 spiro atoms. The van der Waals surface area contributed by atoms with E-state index in [1.54, 1.807) is 25.2 Å². The van der Waals surface area contributed by atoms with Crippen LogP contribution in [0.4, 0.5) is 0 Å². The molecule has 0 saturated heterocycles. The van der Waals surface area contributed by atoms with Gasteiger partial charge in [-0.3, -0.25) is 14.4 Å². The highest BCUT2D eigenvalue weighted by atomic mass is 16.5. The number of carbonyl (C=O) groups is 4. The minimum atomic E-state index is -1.25. The highest BCUT2D eigenvalue weighted by Crippen LogP contribution is 2.19. The van der Waals surface area contributed by atoms with Crippen molar-refractivity contribution in [2.45, 2.75) is 38.8 Å². The van der Waals surface area contributed by atoms with Crippen LogP contribution in [0.1, 0.15) is 37.0 Å². The van der Waals surface area contributed by atoms with Crippen molar-refractivity contribution in [2.24, 2.45) is 5.92 Å². The molecule has 2 atom stereocenters. The van der Waals surface area contributed by atoms with Gasteiger partial charge in [0.1, 0.15) is 24.4 Å². The van der Waals surface area contributed by atoms with Crippen LogP contribution < -0.4 is 15.4 Å². The van der Waals surface area contributed by atoms with Crippen LogP contribution in [0.5, 0.6) is 5.75 Å². The molecule has 29 heavy (non-hydrogen) atoms. The van der Waals surface area contributed by atoms with Gasteiger partial charge in [-0.05, 0) is 24.5 Å². The third-order valence-electron chi connectivity index (χ3n) is 4.70. The number of amides is 3. The van der Waals surface area contributed by atoms with Gasteiger partial charge in [-0.1, -0.05) is 26.0 Å². The standard InChI is InChI=1S/C20H27N3O6/c1-12(2)17-19(26)23(3)10-11-29-15-7-5-4-6-13(15)18(25)21-14(20(27)28)8-9-16(24)22-17/h4-7,12,14,17H,8-11H2,1-3H3,(H,21,25)(H,22,24)(H,27,28)/t14-,17+/m0/s1. The van der Waals surface area contributed by atoms with Crippen molar-refractivity contribution in [3.63, 3.8) is 0 Å². The number of benzene rings is 1. The Balaban J connectivity index is 2.32. The first-order valence-electron chi connectivity index (χ1n) is 9.50. The zero-order chi connectivity index (χ0) is 21.6. The highest BCUT2D eigenvalue weighted by molar-refractivity contribution is 5.99. The average molecular weight is 405 g/mol. The van der Waals surface area contributed by atoms with Gasteiger partial charge in [0.05, 0.1) is 12.1 Å². The van der Waals surface area contributed by atoms with Gasteiger partial charge < -0.3 is 25.4 Å². The summed E-state index contributed by atoms with van der Waals surface area (Å²) >= 11 is 0. The van der Waals surface area contributed by atoms with Gasteiger partial charge in [-0.2, -0.15) is 0 Å². The fourth-order valence-corrected chi connectivity index (χ4v) is 2.95. The molecule has 2 rings (SSSR count). The van der Waals surface area contributed by atoms with Crippen LogP contribution >= 0.6 is 0 Å². The maximum Gasteiger partial charge on any atom is 0.326 e. The molecule has 1 aliphatic heterocycles. The molecule has 0 radical (unpaired) electrons. The third kappa shape index (κ3) is 5.94. The predicted octanol–water partition coefficient (Wildman–Crippen LogP) is 0.641. The minimum Gasteiger partial charge on any atom is -0.491 e. The maximum absolute atomic E-state index is 12.7. The van der Waals surface area contributed by atoms with Crippen LogP contribution in [0.3, 0.4) is 0 Å². The van der Waals surface area contributed by atoms with E-state index in [2.05, 4.69) is 10.6 Å². The second-order valence-corrected chi connectivity index (χ2v) is 7.30. The molecule has 1 aromatic rings. The minimum absolute atomic E-state index is 0.106. The number of fused-ring (bicyclic) bond motifs is 1. The zero-order valence-corrected chi connectivity index (χ0v) is 16.8. The van der Waals surface area contributed by atoms with Crippen molar-refractivity contribution in [2.75, 3.05) is 20.2 Å². The number of carbonyl (C=O) groups excluding carboxylic acids is 3. The van der Waals surface area contributed by atoms with E-state index < -0.39 is 29.9 Å². The second kappa shape index (κ2) is 9.90. The van der Waals surface area contributed by atoms with Gasteiger partial charge in [-0.25, -0.2) is 4.79 Å². The Morgan fingerprint density at radius 2 is 1.90 bits per heavy atom. The van der Waals surface area contributed by atoms with Crippen molar-refractivity contribution in [1.29, 1.82) is 0 Å². The summed E-state index contributed by atoms with van der Waals surface area (Å²) in [7, 11) is 1.62. The lowest BCUT2D eigenvalue weighted by molar-refractivity contribution is -0.140. The first-order valence-corrected chi connectivity index (χ1v) is 9.50. The van der Waals surface area contributed by atoms with Crippen molar-refractivity contribution in [1.82, 2.24) is 15.5 Å². The number of carboxylic acid groups (broad SMARTS) is 1. The largest absolute Gasteiger partial charge is 0.491 e. The summed E-state index contributed by atoms with van der Waals surface area (Å²) in [5.41, 5.74) is 0.187. The molecular weight excluding hydrogens is 378 g/mol. The molecule has 0 bridgehead atoms. The lowest BCUT2D eigenvalue weighted by Crippen LogP contribution is -2.51. The average Bonchev–Trinajstić information content (AvgIpc) is 2.67. The predicted molar refractivity (Wildman–Crippen MR) is 104 cm³/mol. The van der Waals surface area contributed by atoms with Crippen LogP contribution in [-0.2, 0) is 14.4 Å². The van der Waals surface area contributed by atoms with Crippen LogP contribution in [0.2, 0.25) is 0 Å². The molecule has 0 unspecified atom stereocenters. The topological polar surface area (TPSA) is 125 Å². The number of nitrogens with zero attached hydrogens (tertiary/aromatic N) is 1. The molecule has 9 heteroatoms. The molecule has 1 aliphatic rings. The van der Waals surface area contributed by atoms with E-state index >= 15 is 0 Å². The summed E-state index contributed by atoms with van der Waals surface area (Å²) in [6.45, 7) is 4.02. The van der Waals surface area contributed by atoms with E-state index in [0.717, 1.165) is 0 Å². The summed E-state index contributed by atoms with van der Waals surface area (Å²) in [6.07, 6.45) is -0.250. The van der Waals surface area contributed by atoms with Crippen molar-refractivity contribution >= 4 is 23.7 Å². The fourth-order valence-electron chi connectivity index (χ4n) is 2.95. The molecule has 3 N–H and O–H groups in total. The van der Waals surface area contributed by atoms with Gasteiger partial charge in [0.15, 0.2) is 0 Å². The smallest absolute Gasteiger partial charge is 0.326 e. The Hall–Kier alpha value is -3.10. The summed E-state index contributed by atoms with van der Waals surface area (Å²) in [6, 6.07) is 4.48. The van der Waals surface area contributed by atoms with Gasteiger partial charge >= 0.3 is 5.97 Å². The molecule has 0 saturated carbocycles. The first-order chi connectivity index (χ1) is 13.7. The summed E-state index contributed by atoms with van der Waals surface area (Å²) in [5.74, 6) is -2.42. The van der Waals surface area contributed by atoms with Gasteiger partial charge in [0.25, 0.3) is 5.91 Å². The number of para-hydroxylation sites is 1. The van der Waals surface area contributed by atoms with Crippen LogP contribution in [0, 0.1) is 5.92 Å². The van der Waals surface area contributed by atoms with E-state index in [9.17, 15) is 24.3 Å². The van der Waals surface area contributed by atoms with Gasteiger partial charge in [0, 0.05) is 13.5 Å². The van der Waals surface area contributed by atoms with Crippen LogP contribution in [-0.4, -0.2) is 66.0 Å². The molecule has 0 fully saturated rings. The Kier molecular flexibility index (Phi) is 7.58. The summed E-state index contributed by atoms with van der Waals surface area (Å²) in [4.78, 5) is 50.6. The molecule has 9 nitrogen and oxygen atoms in total. The monoisotopic (exact) mass is 405 g/mol. The number of aliphatic carboxylic acids is 1. The van der Waals surface area contributed by atoms with E-state index in [-0.39, 0.29) is 43.4 Å². The number of hydrogen-bond acceptors (Lipinski definition) is 5. The van der Waals surface area contributed by atoms with Crippen molar-refractivity contribution in [3.05, 3.63) is 29.8 Å². The van der Waals surface area contributed by atoms with Gasteiger partial charge in [-0.15, -0.1) is 0 Å². The second-order valence-electron chi connectivity index (χ2n) is 7.30. The Bertz CT molecular complexity index is 779. The van der Waals surface area contributed by atoms with E-state index in [4.69, 9.17) is 4.74 Å². The Morgan fingerprint density at radius 3 is 2.55 bits per heavy atom. The summed E-state index contributed by atoms with van der Waals surface area (Å²) in [5, 5.41) is 14.5. The Morgan fingerprint density at radius 1 is 1.21 bits per heavy atom. The number of carboxylic acids is 1. The highest BCUT2D eigenvalue weighted by Gasteiger charge is 2.29. The van der Waals surface area contributed by atoms with E-state index in [1.165, 1.54) is 11.0 Å². The van der Waals surface area contributed by atoms with E-state index in [0.29, 0.717) is 5.75 Å². The molecule has 1 aromatic carbocycles. The molecule has 0 aliphatic carbocycles. The lowest BCUT2D eigenvalue weighted by Gasteiger charge is -2.27. The maximum atomic E-state index is 12.7. The molecule has 158 valence electrons. The van der Waals surface area contributed by atoms with Crippen LogP contribution in [0.15, 0.2) is 24.3 Å². The number of hydrogen-bond donors (Lipinski definition) is 3. The third-order valence-corrected chi connectivity index (χ3v) is 4.70. The van der Waals surface area contributed by atoms with Gasteiger partial charge in [0.2, 0.25) is 11.8 Å². The SMILES string of the molecule is CC(C)[C@H]1NC(=O)CC[C@@H](C(=O)O)NC(=O)c2ccccc2OCCN(C)C1=O. The lowest BCUT2D eigenvalue weighted by atomic mass is 10.0. The molecule has 3 amide bonds. The van der Waals surface area contributed by atoms with Crippen LogP contribution in [0.25, 0.3) is 0 Å². The molecule has 0 aromatic heterocycles. The van der Waals surface area contributed by atoms with Crippen molar-refractivity contribution < 1.29 is 29.0 Å².